The number of carbonyl (C=O) groups is 1. The summed E-state index contributed by atoms with van der Waals surface area (Å²) in [5, 5.41) is 7.62. The van der Waals surface area contributed by atoms with Gasteiger partial charge < -0.3 is 11.1 Å². The number of benzene rings is 1. The van der Waals surface area contributed by atoms with Gasteiger partial charge >= 0.3 is 0 Å². The summed E-state index contributed by atoms with van der Waals surface area (Å²) in [6, 6.07) is 9.33. The van der Waals surface area contributed by atoms with E-state index in [0.29, 0.717) is 5.69 Å². The van der Waals surface area contributed by atoms with Crippen molar-refractivity contribution in [2.24, 2.45) is 0 Å². The summed E-state index contributed by atoms with van der Waals surface area (Å²) in [7, 11) is 0. The predicted octanol–water partition coefficient (Wildman–Crippen LogP) is 1.05. The Morgan fingerprint density at radius 2 is 2.20 bits per heavy atom. The molecule has 3 N–H and O–H groups in total. The maximum atomic E-state index is 11.9. The number of nitrogens with two attached hydrogens (primary N) is 1. The number of rotatable bonds is 3. The predicted molar refractivity (Wildman–Crippen MR) is 74.8 cm³/mol. The normalized spacial score (nSPS) is 10.6. The molecule has 100 valence electrons. The summed E-state index contributed by atoms with van der Waals surface area (Å²) in [6.07, 6.45) is 3.15. The lowest BCUT2D eigenvalue weighted by atomic mass is 10.2. The van der Waals surface area contributed by atoms with Gasteiger partial charge in [-0.25, -0.2) is 9.67 Å². The van der Waals surface area contributed by atoms with E-state index < -0.39 is 0 Å². The molecule has 0 aliphatic rings. The maximum absolute atomic E-state index is 11.9. The molecule has 0 fully saturated rings. The molecular formula is C13H12N6O. The van der Waals surface area contributed by atoms with E-state index in [9.17, 15) is 4.79 Å². The van der Waals surface area contributed by atoms with E-state index in [1.165, 1.54) is 11.0 Å². The van der Waals surface area contributed by atoms with Gasteiger partial charge in [0.25, 0.3) is 0 Å². The molecule has 0 aliphatic carbocycles. The van der Waals surface area contributed by atoms with Crippen LogP contribution in [-0.2, 0) is 11.3 Å². The van der Waals surface area contributed by atoms with Crippen molar-refractivity contribution in [3.8, 4) is 0 Å². The van der Waals surface area contributed by atoms with E-state index in [-0.39, 0.29) is 18.4 Å². The Morgan fingerprint density at radius 1 is 1.30 bits per heavy atom. The smallest absolute Gasteiger partial charge is 0.246 e. The van der Waals surface area contributed by atoms with Gasteiger partial charge in [0.1, 0.15) is 12.9 Å². The number of pyridine rings is 1. The zero-order chi connectivity index (χ0) is 13.9. The first-order chi connectivity index (χ1) is 9.70. The third-order valence-electron chi connectivity index (χ3n) is 2.75. The highest BCUT2D eigenvalue weighted by molar-refractivity contribution is 5.93. The van der Waals surface area contributed by atoms with Gasteiger partial charge in [-0.1, -0.05) is 6.07 Å². The fourth-order valence-electron chi connectivity index (χ4n) is 1.89. The average Bonchev–Trinajstić information content (AvgIpc) is 2.83. The standard InChI is InChI=1S/C13H12N6O/c14-13-16-8-19(18-13)7-12(20)17-10-3-4-11-9(6-10)2-1-5-15-11/h1-6,8H,7H2,(H2,14,18)(H,17,20). The van der Waals surface area contributed by atoms with Crippen molar-refractivity contribution >= 4 is 28.4 Å². The van der Waals surface area contributed by atoms with Crippen LogP contribution in [-0.4, -0.2) is 25.7 Å². The van der Waals surface area contributed by atoms with Gasteiger partial charge in [0.05, 0.1) is 5.52 Å². The molecule has 1 aromatic carbocycles. The van der Waals surface area contributed by atoms with Crippen molar-refractivity contribution in [2.45, 2.75) is 6.54 Å². The third-order valence-corrected chi connectivity index (χ3v) is 2.75. The third kappa shape index (κ3) is 2.56. The largest absolute Gasteiger partial charge is 0.367 e. The number of nitrogens with one attached hydrogen (secondary N) is 1. The molecule has 3 aromatic rings. The molecule has 0 spiro atoms. The van der Waals surface area contributed by atoms with Crippen molar-refractivity contribution in [2.75, 3.05) is 11.1 Å². The van der Waals surface area contributed by atoms with Crippen molar-refractivity contribution in [1.82, 2.24) is 19.7 Å². The number of amides is 1. The monoisotopic (exact) mass is 268 g/mol. The summed E-state index contributed by atoms with van der Waals surface area (Å²) < 4.78 is 1.38. The van der Waals surface area contributed by atoms with Crippen LogP contribution in [0.5, 0.6) is 0 Å². The Bertz CT molecular complexity index is 766. The van der Waals surface area contributed by atoms with Gasteiger partial charge in [-0.15, -0.1) is 5.10 Å². The number of nitrogen functional groups attached to an aromatic ring is 1. The lowest BCUT2D eigenvalue weighted by molar-refractivity contribution is -0.116. The zero-order valence-corrected chi connectivity index (χ0v) is 10.5. The van der Waals surface area contributed by atoms with Crippen LogP contribution in [0.2, 0.25) is 0 Å². The second-order valence-corrected chi connectivity index (χ2v) is 4.26. The molecule has 3 rings (SSSR count). The number of carbonyl (C=O) groups excluding carboxylic acids is 1. The molecule has 7 nitrogen and oxygen atoms in total. The van der Waals surface area contributed by atoms with Gasteiger partial charge in [-0.05, 0) is 24.3 Å². The van der Waals surface area contributed by atoms with E-state index >= 15 is 0 Å². The molecule has 0 unspecified atom stereocenters. The van der Waals surface area contributed by atoms with Crippen molar-refractivity contribution in [3.63, 3.8) is 0 Å². The number of aromatic nitrogens is 4. The number of hydrogen-bond donors (Lipinski definition) is 2. The van der Waals surface area contributed by atoms with Gasteiger partial charge in [-0.3, -0.25) is 9.78 Å². The van der Waals surface area contributed by atoms with Crippen molar-refractivity contribution in [1.29, 1.82) is 0 Å². The van der Waals surface area contributed by atoms with E-state index in [1.54, 1.807) is 6.20 Å². The molecule has 0 saturated carbocycles. The minimum atomic E-state index is -0.196. The first kappa shape index (κ1) is 12.1. The van der Waals surface area contributed by atoms with Gasteiger partial charge in [0.15, 0.2) is 0 Å². The first-order valence-corrected chi connectivity index (χ1v) is 6.00. The average molecular weight is 268 g/mol. The fraction of sp³-hybridized carbons (Fsp3) is 0.0769. The molecular weight excluding hydrogens is 256 g/mol. The topological polar surface area (TPSA) is 98.7 Å². The van der Waals surface area contributed by atoms with Crippen LogP contribution in [0.4, 0.5) is 11.6 Å². The van der Waals surface area contributed by atoms with Gasteiger partial charge in [-0.2, -0.15) is 0 Å². The van der Waals surface area contributed by atoms with Gasteiger partial charge in [0, 0.05) is 17.3 Å². The summed E-state index contributed by atoms with van der Waals surface area (Å²) >= 11 is 0. The zero-order valence-electron chi connectivity index (χ0n) is 10.5. The minimum absolute atomic E-state index is 0.0648. The molecule has 20 heavy (non-hydrogen) atoms. The molecule has 0 atom stereocenters. The SMILES string of the molecule is Nc1ncn(CC(=O)Nc2ccc3ncccc3c2)n1. The Labute approximate surface area is 114 Å². The van der Waals surface area contributed by atoms with Crippen LogP contribution in [0, 0.1) is 0 Å². The quantitative estimate of drug-likeness (QED) is 0.739. The van der Waals surface area contributed by atoms with Crippen LogP contribution in [0.25, 0.3) is 10.9 Å². The number of hydrogen-bond acceptors (Lipinski definition) is 5. The van der Waals surface area contributed by atoms with E-state index in [2.05, 4.69) is 20.4 Å². The molecule has 0 saturated heterocycles. The summed E-state index contributed by atoms with van der Waals surface area (Å²) in [5.41, 5.74) is 6.98. The van der Waals surface area contributed by atoms with Crippen molar-refractivity contribution < 1.29 is 4.79 Å². The minimum Gasteiger partial charge on any atom is -0.367 e. The van der Waals surface area contributed by atoms with E-state index in [4.69, 9.17) is 5.73 Å². The number of fused-ring (bicyclic) bond motifs is 1. The highest BCUT2D eigenvalue weighted by atomic mass is 16.2. The van der Waals surface area contributed by atoms with E-state index in [1.807, 2.05) is 30.3 Å². The second-order valence-electron chi connectivity index (χ2n) is 4.26. The van der Waals surface area contributed by atoms with Crippen LogP contribution in [0.1, 0.15) is 0 Å². The van der Waals surface area contributed by atoms with Crippen LogP contribution >= 0.6 is 0 Å². The number of nitrogens with zero attached hydrogens (tertiary/aromatic N) is 4. The van der Waals surface area contributed by atoms with Gasteiger partial charge in [0.2, 0.25) is 11.9 Å². The Morgan fingerprint density at radius 3 is 3.00 bits per heavy atom. The maximum Gasteiger partial charge on any atom is 0.246 e. The lowest BCUT2D eigenvalue weighted by Crippen LogP contribution is -2.19. The highest BCUT2D eigenvalue weighted by Crippen LogP contribution is 2.16. The van der Waals surface area contributed by atoms with E-state index in [0.717, 1.165) is 10.9 Å². The molecule has 2 aromatic heterocycles. The molecule has 0 aliphatic heterocycles. The Balaban J connectivity index is 1.73. The fourth-order valence-corrected chi connectivity index (χ4v) is 1.89. The summed E-state index contributed by atoms with van der Waals surface area (Å²) in [5.74, 6) is -0.0484. The molecule has 2 heterocycles. The number of anilines is 2. The molecule has 0 bridgehead atoms. The summed E-state index contributed by atoms with van der Waals surface area (Å²) in [4.78, 5) is 19.9. The van der Waals surface area contributed by atoms with Crippen LogP contribution < -0.4 is 11.1 Å². The molecule has 7 heteroatoms. The Hall–Kier alpha value is -2.96. The first-order valence-electron chi connectivity index (χ1n) is 6.00. The lowest BCUT2D eigenvalue weighted by Gasteiger charge is -2.06. The molecule has 0 radical (unpaired) electrons. The van der Waals surface area contributed by atoms with Crippen LogP contribution in [0.15, 0.2) is 42.9 Å². The summed E-state index contributed by atoms with van der Waals surface area (Å²) in [6.45, 7) is 0.0648. The second kappa shape index (κ2) is 4.96. The highest BCUT2D eigenvalue weighted by Gasteiger charge is 2.06. The molecule has 1 amide bonds. The van der Waals surface area contributed by atoms with Crippen LogP contribution in [0.3, 0.4) is 0 Å². The Kier molecular flexibility index (Phi) is 3.00. The van der Waals surface area contributed by atoms with Crippen molar-refractivity contribution in [3.05, 3.63) is 42.9 Å².